The molecule has 4 nitrogen and oxygen atoms in total. The van der Waals surface area contributed by atoms with Gasteiger partial charge < -0.3 is 15.8 Å². The van der Waals surface area contributed by atoms with Gasteiger partial charge in [-0.05, 0) is 43.9 Å². The lowest BCUT2D eigenvalue weighted by molar-refractivity contribution is -0.121. The fourth-order valence-electron chi connectivity index (χ4n) is 2.25. The number of rotatable bonds is 8. The summed E-state index contributed by atoms with van der Waals surface area (Å²) in [5.74, 6) is 1.32. The molecule has 1 aromatic rings. The van der Waals surface area contributed by atoms with Crippen molar-refractivity contribution in [3.8, 4) is 5.75 Å². The predicted octanol–water partition coefficient (Wildman–Crippen LogP) is 2.51. The molecule has 1 atom stereocenters. The number of carbonyl (C=O) groups is 1. The van der Waals surface area contributed by atoms with E-state index in [2.05, 4.69) is 19.2 Å². The number of amides is 1. The molecule has 0 aliphatic rings. The van der Waals surface area contributed by atoms with E-state index >= 15 is 0 Å². The SMILES string of the molecule is CC(C)CC(CN)NC(=O)Cc1cccc(OC(C)C)c1. The van der Waals surface area contributed by atoms with E-state index < -0.39 is 0 Å². The van der Waals surface area contributed by atoms with Gasteiger partial charge >= 0.3 is 0 Å². The van der Waals surface area contributed by atoms with E-state index in [0.29, 0.717) is 18.9 Å². The molecule has 1 unspecified atom stereocenters. The monoisotopic (exact) mass is 292 g/mol. The molecule has 118 valence electrons. The molecule has 3 N–H and O–H groups in total. The number of hydrogen-bond donors (Lipinski definition) is 2. The van der Waals surface area contributed by atoms with E-state index in [9.17, 15) is 4.79 Å². The third kappa shape index (κ3) is 7.14. The van der Waals surface area contributed by atoms with Gasteiger partial charge in [0.05, 0.1) is 12.5 Å². The first-order valence-corrected chi connectivity index (χ1v) is 7.65. The zero-order valence-electron chi connectivity index (χ0n) is 13.6. The Balaban J connectivity index is 2.57. The van der Waals surface area contributed by atoms with Gasteiger partial charge in [0.15, 0.2) is 0 Å². The minimum absolute atomic E-state index is 0.00722. The molecule has 0 aromatic heterocycles. The minimum Gasteiger partial charge on any atom is -0.491 e. The highest BCUT2D eigenvalue weighted by molar-refractivity contribution is 5.79. The first-order valence-electron chi connectivity index (χ1n) is 7.65. The first kappa shape index (κ1) is 17.5. The molecule has 1 amide bonds. The zero-order valence-corrected chi connectivity index (χ0v) is 13.6. The Hall–Kier alpha value is -1.55. The number of ether oxygens (including phenoxy) is 1. The topological polar surface area (TPSA) is 64.3 Å². The van der Waals surface area contributed by atoms with Gasteiger partial charge in [-0.1, -0.05) is 26.0 Å². The van der Waals surface area contributed by atoms with E-state index in [4.69, 9.17) is 10.5 Å². The summed E-state index contributed by atoms with van der Waals surface area (Å²) < 4.78 is 5.64. The van der Waals surface area contributed by atoms with Crippen molar-refractivity contribution in [3.05, 3.63) is 29.8 Å². The molecule has 0 heterocycles. The summed E-state index contributed by atoms with van der Waals surface area (Å²) >= 11 is 0. The van der Waals surface area contributed by atoms with Crippen LogP contribution in [0.1, 0.15) is 39.7 Å². The van der Waals surface area contributed by atoms with E-state index in [1.807, 2.05) is 38.1 Å². The molecule has 0 saturated carbocycles. The molecule has 4 heteroatoms. The van der Waals surface area contributed by atoms with Crippen LogP contribution in [0.3, 0.4) is 0 Å². The molecular weight excluding hydrogens is 264 g/mol. The first-order chi connectivity index (χ1) is 9.90. The second kappa shape index (κ2) is 8.67. The molecule has 0 radical (unpaired) electrons. The van der Waals surface area contributed by atoms with Gasteiger partial charge in [-0.15, -0.1) is 0 Å². The van der Waals surface area contributed by atoms with E-state index in [1.54, 1.807) is 0 Å². The normalized spacial score (nSPS) is 12.5. The summed E-state index contributed by atoms with van der Waals surface area (Å²) in [7, 11) is 0. The van der Waals surface area contributed by atoms with Gasteiger partial charge in [0, 0.05) is 12.6 Å². The number of nitrogens with two attached hydrogens (primary N) is 1. The van der Waals surface area contributed by atoms with Crippen LogP contribution in [0.25, 0.3) is 0 Å². The molecular formula is C17H28N2O2. The Labute approximate surface area is 128 Å². The van der Waals surface area contributed by atoms with Gasteiger partial charge in [-0.2, -0.15) is 0 Å². The lowest BCUT2D eigenvalue weighted by Gasteiger charge is -2.19. The van der Waals surface area contributed by atoms with Crippen molar-refractivity contribution in [1.82, 2.24) is 5.32 Å². The maximum atomic E-state index is 12.1. The molecule has 0 aliphatic carbocycles. The average Bonchev–Trinajstić information content (AvgIpc) is 2.36. The van der Waals surface area contributed by atoms with Gasteiger partial charge in [-0.3, -0.25) is 4.79 Å². The van der Waals surface area contributed by atoms with Crippen molar-refractivity contribution in [1.29, 1.82) is 0 Å². The lowest BCUT2D eigenvalue weighted by Crippen LogP contribution is -2.41. The van der Waals surface area contributed by atoms with Gasteiger partial charge in [-0.25, -0.2) is 0 Å². The molecule has 1 aromatic carbocycles. The predicted molar refractivity (Wildman–Crippen MR) is 86.4 cm³/mol. The quantitative estimate of drug-likeness (QED) is 0.774. The third-order valence-corrected chi connectivity index (χ3v) is 3.04. The Morgan fingerprint density at radius 1 is 1.29 bits per heavy atom. The van der Waals surface area contributed by atoms with Crippen LogP contribution in [0, 0.1) is 5.92 Å². The fraction of sp³-hybridized carbons (Fsp3) is 0.588. The fourth-order valence-corrected chi connectivity index (χ4v) is 2.25. The zero-order chi connectivity index (χ0) is 15.8. The molecule has 0 bridgehead atoms. The third-order valence-electron chi connectivity index (χ3n) is 3.04. The molecule has 1 rings (SSSR count). The van der Waals surface area contributed by atoms with Crippen LogP contribution in [0.2, 0.25) is 0 Å². The van der Waals surface area contributed by atoms with Crippen LogP contribution in [0.5, 0.6) is 5.75 Å². The lowest BCUT2D eigenvalue weighted by atomic mass is 10.0. The van der Waals surface area contributed by atoms with Crippen LogP contribution < -0.4 is 15.8 Å². The van der Waals surface area contributed by atoms with Crippen LogP contribution in [-0.4, -0.2) is 24.6 Å². The molecule has 0 aliphatic heterocycles. The van der Waals surface area contributed by atoms with Crippen LogP contribution in [-0.2, 0) is 11.2 Å². The highest BCUT2D eigenvalue weighted by Crippen LogP contribution is 2.15. The second-order valence-electron chi connectivity index (χ2n) is 6.12. The Morgan fingerprint density at radius 2 is 2.00 bits per heavy atom. The Bertz CT molecular complexity index is 444. The van der Waals surface area contributed by atoms with Crippen molar-refractivity contribution < 1.29 is 9.53 Å². The van der Waals surface area contributed by atoms with Gasteiger partial charge in [0.1, 0.15) is 5.75 Å². The number of hydrogen-bond acceptors (Lipinski definition) is 3. The van der Waals surface area contributed by atoms with E-state index in [-0.39, 0.29) is 18.1 Å². The molecule has 0 spiro atoms. The summed E-state index contributed by atoms with van der Waals surface area (Å²) in [6, 6.07) is 7.72. The maximum absolute atomic E-state index is 12.1. The van der Waals surface area contributed by atoms with Crippen molar-refractivity contribution in [3.63, 3.8) is 0 Å². The molecule has 0 fully saturated rings. The smallest absolute Gasteiger partial charge is 0.224 e. The van der Waals surface area contributed by atoms with Crippen LogP contribution in [0.4, 0.5) is 0 Å². The standard InChI is InChI=1S/C17H28N2O2/c1-12(2)8-15(11-18)19-17(20)10-14-6-5-7-16(9-14)21-13(3)4/h5-7,9,12-13,15H,8,10-11,18H2,1-4H3,(H,19,20). The van der Waals surface area contributed by atoms with Crippen molar-refractivity contribution in [2.45, 2.75) is 52.7 Å². The number of carbonyl (C=O) groups excluding carboxylic acids is 1. The second-order valence-corrected chi connectivity index (χ2v) is 6.12. The summed E-state index contributed by atoms with van der Waals surface area (Å²) in [5.41, 5.74) is 6.66. The number of nitrogens with one attached hydrogen (secondary N) is 1. The summed E-state index contributed by atoms with van der Waals surface area (Å²) in [6.45, 7) is 8.69. The van der Waals surface area contributed by atoms with E-state index in [0.717, 1.165) is 17.7 Å². The Kier molecular flexibility index (Phi) is 7.23. The summed E-state index contributed by atoms with van der Waals surface area (Å²) in [5, 5.41) is 3.00. The van der Waals surface area contributed by atoms with Gasteiger partial charge in [0.2, 0.25) is 5.91 Å². The highest BCUT2D eigenvalue weighted by Gasteiger charge is 2.13. The molecule has 0 saturated heterocycles. The van der Waals surface area contributed by atoms with E-state index in [1.165, 1.54) is 0 Å². The summed E-state index contributed by atoms with van der Waals surface area (Å²) in [6.07, 6.45) is 1.38. The van der Waals surface area contributed by atoms with Crippen molar-refractivity contribution in [2.24, 2.45) is 11.7 Å². The average molecular weight is 292 g/mol. The van der Waals surface area contributed by atoms with Crippen LogP contribution in [0.15, 0.2) is 24.3 Å². The minimum atomic E-state index is 0.00722. The summed E-state index contributed by atoms with van der Waals surface area (Å²) in [4.78, 5) is 12.1. The highest BCUT2D eigenvalue weighted by atomic mass is 16.5. The largest absolute Gasteiger partial charge is 0.491 e. The maximum Gasteiger partial charge on any atom is 0.224 e. The van der Waals surface area contributed by atoms with Crippen molar-refractivity contribution >= 4 is 5.91 Å². The molecule has 21 heavy (non-hydrogen) atoms. The Morgan fingerprint density at radius 3 is 2.57 bits per heavy atom. The van der Waals surface area contributed by atoms with Gasteiger partial charge in [0.25, 0.3) is 0 Å². The van der Waals surface area contributed by atoms with Crippen LogP contribution >= 0.6 is 0 Å². The van der Waals surface area contributed by atoms with Crippen molar-refractivity contribution in [2.75, 3.05) is 6.54 Å². The number of benzene rings is 1.